The second-order valence-corrected chi connectivity index (χ2v) is 4.59. The van der Waals surface area contributed by atoms with E-state index in [4.69, 9.17) is 5.11 Å². The number of benzene rings is 1. The molecule has 21 heavy (non-hydrogen) atoms. The van der Waals surface area contributed by atoms with Gasteiger partial charge in [-0.1, -0.05) is 30.3 Å². The van der Waals surface area contributed by atoms with Gasteiger partial charge in [-0.15, -0.1) is 0 Å². The molecule has 0 aliphatic carbocycles. The Kier molecular flexibility index (Phi) is 3.02. The molecular formula is C14H12N4O3. The Balaban J connectivity index is 2.22. The highest BCUT2D eigenvalue weighted by Crippen LogP contribution is 2.17. The summed E-state index contributed by atoms with van der Waals surface area (Å²) in [7, 11) is 1.56. The van der Waals surface area contributed by atoms with Crippen molar-refractivity contribution in [3.05, 3.63) is 47.0 Å². The maximum Gasteiger partial charge on any atom is 0.330 e. The molecule has 0 saturated carbocycles. The van der Waals surface area contributed by atoms with Crippen LogP contribution < -0.4 is 5.69 Å². The first-order valence-corrected chi connectivity index (χ1v) is 6.27. The van der Waals surface area contributed by atoms with E-state index in [9.17, 15) is 9.59 Å². The van der Waals surface area contributed by atoms with Crippen molar-refractivity contribution in [1.29, 1.82) is 0 Å². The molecule has 106 valence electrons. The van der Waals surface area contributed by atoms with Crippen molar-refractivity contribution in [2.45, 2.75) is 6.54 Å². The van der Waals surface area contributed by atoms with Crippen LogP contribution in [0.3, 0.4) is 0 Å². The lowest BCUT2D eigenvalue weighted by Gasteiger charge is -2.01. The van der Waals surface area contributed by atoms with Gasteiger partial charge in [0, 0.05) is 12.6 Å². The summed E-state index contributed by atoms with van der Waals surface area (Å²) in [6.07, 6.45) is 1.48. The van der Waals surface area contributed by atoms with Crippen molar-refractivity contribution in [1.82, 2.24) is 19.1 Å². The number of nitrogens with zero attached hydrogens (tertiary/aromatic N) is 4. The number of imidazole rings is 1. The second-order valence-electron chi connectivity index (χ2n) is 4.59. The molecule has 1 aromatic carbocycles. The zero-order chi connectivity index (χ0) is 15.0. The lowest BCUT2D eigenvalue weighted by atomic mass is 10.2. The lowest BCUT2D eigenvalue weighted by Crippen LogP contribution is -2.25. The molecule has 7 nitrogen and oxygen atoms in total. The van der Waals surface area contributed by atoms with Gasteiger partial charge < -0.3 is 5.11 Å². The first-order chi connectivity index (χ1) is 10.1. The van der Waals surface area contributed by atoms with Crippen molar-refractivity contribution in [3.8, 4) is 11.4 Å². The Morgan fingerprint density at radius 2 is 2.00 bits per heavy atom. The van der Waals surface area contributed by atoms with Gasteiger partial charge in [-0.3, -0.25) is 13.9 Å². The van der Waals surface area contributed by atoms with Crippen LogP contribution in [0.15, 0.2) is 41.3 Å². The van der Waals surface area contributed by atoms with Crippen LogP contribution in [0, 0.1) is 0 Å². The van der Waals surface area contributed by atoms with E-state index in [2.05, 4.69) is 9.97 Å². The molecule has 2 heterocycles. The third-order valence-electron chi connectivity index (χ3n) is 3.20. The molecule has 0 unspecified atom stereocenters. The molecule has 0 radical (unpaired) electrons. The van der Waals surface area contributed by atoms with Crippen LogP contribution in [0.5, 0.6) is 0 Å². The minimum atomic E-state index is -1.09. The van der Waals surface area contributed by atoms with Crippen LogP contribution >= 0.6 is 0 Å². The van der Waals surface area contributed by atoms with E-state index in [1.807, 2.05) is 30.3 Å². The van der Waals surface area contributed by atoms with Gasteiger partial charge >= 0.3 is 11.7 Å². The highest BCUT2D eigenvalue weighted by molar-refractivity contribution is 5.76. The van der Waals surface area contributed by atoms with Gasteiger partial charge in [0.15, 0.2) is 11.5 Å². The Hall–Kier alpha value is -2.96. The van der Waals surface area contributed by atoms with Crippen molar-refractivity contribution in [3.63, 3.8) is 0 Å². The number of aryl methyl sites for hydroxylation is 1. The van der Waals surface area contributed by atoms with E-state index in [0.717, 1.165) is 10.1 Å². The van der Waals surface area contributed by atoms with E-state index in [-0.39, 0.29) is 0 Å². The fraction of sp³-hybridized carbons (Fsp3) is 0.143. The van der Waals surface area contributed by atoms with Crippen LogP contribution in [-0.4, -0.2) is 30.2 Å². The molecule has 0 aliphatic rings. The fourth-order valence-corrected chi connectivity index (χ4v) is 2.19. The van der Waals surface area contributed by atoms with E-state index < -0.39 is 18.2 Å². The van der Waals surface area contributed by atoms with E-state index in [1.54, 1.807) is 7.05 Å². The van der Waals surface area contributed by atoms with Gasteiger partial charge in [-0.2, -0.15) is 0 Å². The average molecular weight is 284 g/mol. The van der Waals surface area contributed by atoms with Crippen molar-refractivity contribution < 1.29 is 9.90 Å². The number of carbonyl (C=O) groups is 1. The molecule has 0 fully saturated rings. The van der Waals surface area contributed by atoms with E-state index in [0.29, 0.717) is 17.0 Å². The highest BCUT2D eigenvalue weighted by Gasteiger charge is 2.15. The summed E-state index contributed by atoms with van der Waals surface area (Å²) in [6, 6.07) is 9.37. The second kappa shape index (κ2) is 4.86. The minimum absolute atomic E-state index is 0.407. The zero-order valence-electron chi connectivity index (χ0n) is 11.2. The predicted molar refractivity (Wildman–Crippen MR) is 75.8 cm³/mol. The number of carboxylic acid groups (broad SMARTS) is 1. The number of aliphatic carboxylic acids is 1. The lowest BCUT2D eigenvalue weighted by molar-refractivity contribution is -0.137. The molecule has 0 atom stereocenters. The Bertz CT molecular complexity index is 880. The van der Waals surface area contributed by atoms with Gasteiger partial charge in [-0.25, -0.2) is 14.8 Å². The van der Waals surface area contributed by atoms with Crippen molar-refractivity contribution in [2.75, 3.05) is 0 Å². The minimum Gasteiger partial charge on any atom is -0.480 e. The number of carboxylic acids is 1. The summed E-state index contributed by atoms with van der Waals surface area (Å²) >= 11 is 0. The van der Waals surface area contributed by atoms with Gasteiger partial charge in [0.05, 0.1) is 6.20 Å². The molecule has 0 amide bonds. The van der Waals surface area contributed by atoms with Crippen molar-refractivity contribution in [2.24, 2.45) is 7.05 Å². The number of aromatic nitrogens is 4. The number of hydrogen-bond acceptors (Lipinski definition) is 4. The maximum absolute atomic E-state index is 12.1. The summed E-state index contributed by atoms with van der Waals surface area (Å²) in [5.41, 5.74) is 1.23. The molecule has 3 aromatic rings. The molecule has 1 N–H and O–H groups in total. The predicted octanol–water partition coefficient (Wildman–Crippen LogP) is 0.882. The molecule has 0 saturated heterocycles. The standard InChI is InChI=1S/C14H12N4O3/c1-17-13-10(18(14(17)21)8-11(19)20)7-15-12(16-13)9-5-3-2-4-6-9/h2-7H,8H2,1H3,(H,19,20). The first-order valence-electron chi connectivity index (χ1n) is 6.27. The quantitative estimate of drug-likeness (QED) is 0.771. The third kappa shape index (κ3) is 2.18. The largest absolute Gasteiger partial charge is 0.480 e. The Morgan fingerprint density at radius 3 is 2.67 bits per heavy atom. The van der Waals surface area contributed by atoms with Crippen LogP contribution in [-0.2, 0) is 18.4 Å². The summed E-state index contributed by atoms with van der Waals surface area (Å²) in [5, 5.41) is 8.88. The van der Waals surface area contributed by atoms with Gasteiger partial charge in [0.1, 0.15) is 12.1 Å². The number of hydrogen-bond donors (Lipinski definition) is 1. The molecule has 0 bridgehead atoms. The third-order valence-corrected chi connectivity index (χ3v) is 3.20. The summed E-state index contributed by atoms with van der Waals surface area (Å²) in [6.45, 7) is -0.412. The average Bonchev–Trinajstić information content (AvgIpc) is 2.72. The van der Waals surface area contributed by atoms with Crippen LogP contribution in [0.1, 0.15) is 0 Å². The van der Waals surface area contributed by atoms with Crippen molar-refractivity contribution >= 4 is 17.1 Å². The summed E-state index contributed by atoms with van der Waals surface area (Å²) < 4.78 is 2.47. The van der Waals surface area contributed by atoms with Crippen LogP contribution in [0.25, 0.3) is 22.6 Å². The number of fused-ring (bicyclic) bond motifs is 1. The molecule has 0 aliphatic heterocycles. The topological polar surface area (TPSA) is 90.0 Å². The molecule has 3 rings (SSSR count). The van der Waals surface area contributed by atoms with E-state index in [1.165, 1.54) is 10.8 Å². The summed E-state index contributed by atoms with van der Waals surface area (Å²) in [4.78, 5) is 31.5. The maximum atomic E-state index is 12.1. The fourth-order valence-electron chi connectivity index (χ4n) is 2.19. The normalized spacial score (nSPS) is 10.9. The highest BCUT2D eigenvalue weighted by atomic mass is 16.4. The van der Waals surface area contributed by atoms with Gasteiger partial charge in [0.25, 0.3) is 0 Å². The summed E-state index contributed by atoms with van der Waals surface area (Å²) in [5.74, 6) is -0.595. The molecule has 0 spiro atoms. The smallest absolute Gasteiger partial charge is 0.330 e. The van der Waals surface area contributed by atoms with E-state index >= 15 is 0 Å². The number of rotatable bonds is 3. The Morgan fingerprint density at radius 1 is 1.29 bits per heavy atom. The molecule has 7 heteroatoms. The SMILES string of the molecule is Cn1c(=O)n(CC(=O)O)c2cnc(-c3ccccc3)nc21. The van der Waals surface area contributed by atoms with Gasteiger partial charge in [0.2, 0.25) is 0 Å². The Labute approximate surface area is 119 Å². The molecule has 2 aromatic heterocycles. The van der Waals surface area contributed by atoms with Gasteiger partial charge in [-0.05, 0) is 0 Å². The zero-order valence-corrected chi connectivity index (χ0v) is 11.2. The van der Waals surface area contributed by atoms with Crippen LogP contribution in [0.4, 0.5) is 0 Å². The van der Waals surface area contributed by atoms with Crippen LogP contribution in [0.2, 0.25) is 0 Å². The monoisotopic (exact) mass is 284 g/mol. The first kappa shape index (κ1) is 13.0. The molecular weight excluding hydrogens is 272 g/mol.